The van der Waals surface area contributed by atoms with Gasteiger partial charge in [-0.3, -0.25) is 4.79 Å². The first-order valence-corrected chi connectivity index (χ1v) is 6.81. The average Bonchev–Trinajstić information content (AvgIpc) is 2.43. The van der Waals surface area contributed by atoms with E-state index in [0.29, 0.717) is 13.1 Å². The molecule has 1 amide bonds. The Balaban J connectivity index is 1.87. The Labute approximate surface area is 122 Å². The molecule has 0 bridgehead atoms. The van der Waals surface area contributed by atoms with Crippen LogP contribution < -0.4 is 0 Å². The van der Waals surface area contributed by atoms with Crippen LogP contribution in [0.15, 0.2) is 24.3 Å². The third-order valence-electron chi connectivity index (χ3n) is 3.16. The number of carbonyl (C=O) groups is 2. The van der Waals surface area contributed by atoms with Crippen LogP contribution in [0.3, 0.4) is 0 Å². The van der Waals surface area contributed by atoms with E-state index in [1.54, 1.807) is 4.90 Å². The Kier molecular flexibility index (Phi) is 4.90. The molecule has 2 unspecified atom stereocenters. The van der Waals surface area contributed by atoms with E-state index in [9.17, 15) is 14.0 Å². The highest BCUT2D eigenvalue weighted by atomic mass is 19.1. The third-order valence-corrected chi connectivity index (χ3v) is 3.16. The molecule has 1 saturated heterocycles. The van der Waals surface area contributed by atoms with Crippen LogP contribution in [0, 0.1) is 5.82 Å². The van der Waals surface area contributed by atoms with Crippen molar-refractivity contribution in [3.05, 3.63) is 35.6 Å². The van der Waals surface area contributed by atoms with Crippen molar-refractivity contribution in [2.75, 3.05) is 19.7 Å². The Hall–Kier alpha value is -1.95. The second kappa shape index (κ2) is 6.67. The van der Waals surface area contributed by atoms with E-state index in [1.807, 2.05) is 13.8 Å². The van der Waals surface area contributed by atoms with E-state index < -0.39 is 11.8 Å². The summed E-state index contributed by atoms with van der Waals surface area (Å²) in [6.45, 7) is 4.36. The van der Waals surface area contributed by atoms with Crippen LogP contribution in [0.2, 0.25) is 0 Å². The van der Waals surface area contributed by atoms with E-state index in [4.69, 9.17) is 9.47 Å². The van der Waals surface area contributed by atoms with Gasteiger partial charge in [0.25, 0.3) is 5.91 Å². The van der Waals surface area contributed by atoms with E-state index in [1.165, 1.54) is 18.2 Å². The first-order valence-electron chi connectivity index (χ1n) is 6.81. The lowest BCUT2D eigenvalue weighted by molar-refractivity contribution is -0.146. The van der Waals surface area contributed by atoms with E-state index in [0.717, 1.165) is 6.07 Å². The fraction of sp³-hybridized carbons (Fsp3) is 0.467. The van der Waals surface area contributed by atoms with E-state index >= 15 is 0 Å². The van der Waals surface area contributed by atoms with Crippen molar-refractivity contribution in [2.45, 2.75) is 26.1 Å². The normalized spacial score (nSPS) is 22.0. The summed E-state index contributed by atoms with van der Waals surface area (Å²) in [4.78, 5) is 25.3. The maximum Gasteiger partial charge on any atom is 0.338 e. The SMILES string of the molecule is CC1CN(C(=O)COC(=O)c2cccc(F)c2)CC(C)O1. The summed E-state index contributed by atoms with van der Waals surface area (Å²) in [7, 11) is 0. The number of carbonyl (C=O) groups excluding carboxylic acids is 2. The van der Waals surface area contributed by atoms with Gasteiger partial charge in [0.15, 0.2) is 6.61 Å². The highest BCUT2D eigenvalue weighted by Gasteiger charge is 2.26. The minimum absolute atomic E-state index is 0.0448. The van der Waals surface area contributed by atoms with Crippen LogP contribution in [-0.4, -0.2) is 48.7 Å². The second-order valence-corrected chi connectivity index (χ2v) is 5.14. The van der Waals surface area contributed by atoms with Gasteiger partial charge in [-0.15, -0.1) is 0 Å². The number of rotatable bonds is 3. The van der Waals surface area contributed by atoms with E-state index in [-0.39, 0.29) is 30.3 Å². The lowest BCUT2D eigenvalue weighted by atomic mass is 10.2. The van der Waals surface area contributed by atoms with Gasteiger partial charge < -0.3 is 14.4 Å². The number of ether oxygens (including phenoxy) is 2. The standard InChI is InChI=1S/C15H18FNO4/c1-10-7-17(8-11(2)21-10)14(18)9-20-15(19)12-4-3-5-13(16)6-12/h3-6,10-11H,7-9H2,1-2H3. The van der Waals surface area contributed by atoms with Gasteiger partial charge in [-0.25, -0.2) is 9.18 Å². The Morgan fingerprint density at radius 3 is 2.62 bits per heavy atom. The largest absolute Gasteiger partial charge is 0.452 e. The zero-order valence-electron chi connectivity index (χ0n) is 12.0. The molecule has 2 atom stereocenters. The maximum atomic E-state index is 13.0. The molecule has 1 aromatic carbocycles. The molecule has 2 rings (SSSR count). The fourth-order valence-electron chi connectivity index (χ4n) is 2.30. The van der Waals surface area contributed by atoms with Crippen molar-refractivity contribution in [3.63, 3.8) is 0 Å². The summed E-state index contributed by atoms with van der Waals surface area (Å²) in [6.07, 6.45) is -0.0896. The molecular weight excluding hydrogens is 277 g/mol. The van der Waals surface area contributed by atoms with Crippen LogP contribution in [0.1, 0.15) is 24.2 Å². The van der Waals surface area contributed by atoms with Crippen molar-refractivity contribution < 1.29 is 23.5 Å². The van der Waals surface area contributed by atoms with Gasteiger partial charge in [-0.1, -0.05) is 6.07 Å². The predicted octanol–water partition coefficient (Wildman–Crippen LogP) is 1.62. The summed E-state index contributed by atoms with van der Waals surface area (Å²) < 4.78 is 23.5. The lowest BCUT2D eigenvalue weighted by Gasteiger charge is -2.35. The van der Waals surface area contributed by atoms with E-state index in [2.05, 4.69) is 0 Å². The van der Waals surface area contributed by atoms with Crippen LogP contribution in [0.5, 0.6) is 0 Å². The maximum absolute atomic E-state index is 13.0. The quantitative estimate of drug-likeness (QED) is 0.795. The van der Waals surface area contributed by atoms with Crippen molar-refractivity contribution >= 4 is 11.9 Å². The van der Waals surface area contributed by atoms with Gasteiger partial charge in [0.05, 0.1) is 17.8 Å². The minimum Gasteiger partial charge on any atom is -0.452 e. The molecule has 0 spiro atoms. The number of hydrogen-bond acceptors (Lipinski definition) is 4. The Morgan fingerprint density at radius 1 is 1.33 bits per heavy atom. The number of amides is 1. The number of benzene rings is 1. The molecule has 114 valence electrons. The second-order valence-electron chi connectivity index (χ2n) is 5.14. The van der Waals surface area contributed by atoms with Crippen LogP contribution in [0.4, 0.5) is 4.39 Å². The monoisotopic (exact) mass is 295 g/mol. The first-order chi connectivity index (χ1) is 9.95. The molecule has 1 heterocycles. The smallest absolute Gasteiger partial charge is 0.338 e. The summed E-state index contributed by atoms with van der Waals surface area (Å²) in [5.74, 6) is -1.51. The molecule has 0 saturated carbocycles. The van der Waals surface area contributed by atoms with Gasteiger partial charge in [-0.05, 0) is 32.0 Å². The molecule has 1 aliphatic heterocycles. The zero-order valence-corrected chi connectivity index (χ0v) is 12.0. The van der Waals surface area contributed by atoms with Crippen LogP contribution in [0.25, 0.3) is 0 Å². The topological polar surface area (TPSA) is 55.8 Å². The molecule has 1 fully saturated rings. The summed E-state index contributed by atoms with van der Waals surface area (Å²) >= 11 is 0. The Morgan fingerprint density at radius 2 is 2.00 bits per heavy atom. The summed E-state index contributed by atoms with van der Waals surface area (Å²) in [5.41, 5.74) is 0.0894. The fourth-order valence-corrected chi connectivity index (χ4v) is 2.30. The number of hydrogen-bond donors (Lipinski definition) is 0. The highest BCUT2D eigenvalue weighted by molar-refractivity contribution is 5.91. The first kappa shape index (κ1) is 15.4. The van der Waals surface area contributed by atoms with Crippen LogP contribution in [-0.2, 0) is 14.3 Å². The minimum atomic E-state index is -0.711. The molecule has 1 aromatic rings. The number of esters is 1. The van der Waals surface area contributed by atoms with Gasteiger partial charge in [0.1, 0.15) is 5.82 Å². The zero-order chi connectivity index (χ0) is 15.4. The summed E-state index contributed by atoms with van der Waals surface area (Å²) in [5, 5.41) is 0. The summed E-state index contributed by atoms with van der Waals surface area (Å²) in [6, 6.07) is 5.16. The van der Waals surface area contributed by atoms with Gasteiger partial charge in [-0.2, -0.15) is 0 Å². The molecule has 21 heavy (non-hydrogen) atoms. The molecule has 6 heteroatoms. The molecule has 0 N–H and O–H groups in total. The van der Waals surface area contributed by atoms with Crippen LogP contribution >= 0.6 is 0 Å². The van der Waals surface area contributed by atoms with Crippen molar-refractivity contribution in [1.82, 2.24) is 4.90 Å². The Bertz CT molecular complexity index is 524. The lowest BCUT2D eigenvalue weighted by Crippen LogP contribution is -2.49. The van der Waals surface area contributed by atoms with Gasteiger partial charge >= 0.3 is 5.97 Å². The predicted molar refractivity (Wildman–Crippen MR) is 73.3 cm³/mol. The molecule has 0 aliphatic carbocycles. The van der Waals surface area contributed by atoms with Crippen molar-refractivity contribution in [3.8, 4) is 0 Å². The number of nitrogens with zero attached hydrogens (tertiary/aromatic N) is 1. The third kappa shape index (κ3) is 4.26. The van der Waals surface area contributed by atoms with Gasteiger partial charge in [0.2, 0.25) is 0 Å². The highest BCUT2D eigenvalue weighted by Crippen LogP contribution is 2.11. The molecule has 5 nitrogen and oxygen atoms in total. The van der Waals surface area contributed by atoms with Crippen molar-refractivity contribution in [2.24, 2.45) is 0 Å². The molecular formula is C15H18FNO4. The number of morpholine rings is 1. The van der Waals surface area contributed by atoms with Crippen molar-refractivity contribution in [1.29, 1.82) is 0 Å². The van der Waals surface area contributed by atoms with Gasteiger partial charge in [0, 0.05) is 13.1 Å². The number of halogens is 1. The molecule has 1 aliphatic rings. The molecule has 0 aromatic heterocycles. The molecule has 0 radical (unpaired) electrons. The average molecular weight is 295 g/mol.